The summed E-state index contributed by atoms with van der Waals surface area (Å²) in [5, 5.41) is 6.05. The Hall–Kier alpha value is -1.18. The number of carbonyl (C=O) groups is 1. The number of carbonyl (C=O) groups excluding carboxylic acids is 1. The molecule has 0 bridgehead atoms. The van der Waals surface area contributed by atoms with Crippen LogP contribution in [0, 0.1) is 18.8 Å². The number of amides is 1. The van der Waals surface area contributed by atoms with Crippen molar-refractivity contribution in [3.05, 3.63) is 51.5 Å². The molecule has 204 valence electrons. The van der Waals surface area contributed by atoms with Gasteiger partial charge in [-0.2, -0.15) is 0 Å². The van der Waals surface area contributed by atoms with Crippen LogP contribution < -0.4 is 35.4 Å². The van der Waals surface area contributed by atoms with E-state index in [1.165, 1.54) is 48.2 Å². The first kappa shape index (κ1) is 28.8. The molecule has 1 aromatic carbocycles. The highest BCUT2D eigenvalue weighted by Crippen LogP contribution is 2.43. The number of aromatic nitrogens is 1. The third kappa shape index (κ3) is 5.47. The zero-order valence-electron chi connectivity index (χ0n) is 22.0. The number of fused-ring (bicyclic) bond motifs is 2. The summed E-state index contributed by atoms with van der Waals surface area (Å²) in [5.41, 5.74) is 2.69. The molecule has 4 heterocycles. The molecule has 37 heavy (non-hydrogen) atoms. The molecule has 1 amide bonds. The Morgan fingerprint density at radius 2 is 1.81 bits per heavy atom. The number of nitrogens with two attached hydrogens (primary N) is 2. The molecule has 4 N–H and O–H groups in total. The lowest BCUT2D eigenvalue weighted by molar-refractivity contribution is -0.672. The molecule has 0 radical (unpaired) electrons. The van der Waals surface area contributed by atoms with Crippen molar-refractivity contribution >= 4 is 17.2 Å². The number of halogens is 2. The number of benzene rings is 1. The molecule has 4 aliphatic rings. The number of hydrogen-bond acceptors (Lipinski definition) is 3. The van der Waals surface area contributed by atoms with Crippen LogP contribution in [0.2, 0.25) is 0 Å². The lowest BCUT2D eigenvalue weighted by Crippen LogP contribution is -3.00. The Labute approximate surface area is 238 Å². The largest absolute Gasteiger partial charge is 1.00 e. The molecule has 3 fully saturated rings. The average Bonchev–Trinajstić information content (AvgIpc) is 3.46. The third-order valence-electron chi connectivity index (χ3n) is 9.62. The van der Waals surface area contributed by atoms with Crippen molar-refractivity contribution in [3.8, 4) is 0 Å². The maximum absolute atomic E-state index is 14.6. The predicted molar refractivity (Wildman–Crippen MR) is 140 cm³/mol. The van der Waals surface area contributed by atoms with Gasteiger partial charge >= 0.3 is 0 Å². The lowest BCUT2D eigenvalue weighted by Gasteiger charge is -2.46. The Balaban J connectivity index is 0.00000160. The standard InChI is InChI=1S/C29H40N4OS.2ClH/c1-20-32-25-12-14-30-18-29(27(25)35-20)19-31-17-24(29)28(34)33-15-13-23(21-8-4-2-5-9-21)16-26(33)22-10-6-3-7-11-22;;/h2,4-5,8-9,22-24,26,30-31H,3,6-7,10-19H2,1H3;2*1H/t23-,24?,26+,29-;;/m1../s1. The van der Waals surface area contributed by atoms with Crippen molar-refractivity contribution in [3.63, 3.8) is 0 Å². The van der Waals surface area contributed by atoms with Gasteiger partial charge in [-0.05, 0) is 50.0 Å². The van der Waals surface area contributed by atoms with Crippen LogP contribution in [0.3, 0.4) is 0 Å². The van der Waals surface area contributed by atoms with Gasteiger partial charge in [-0.25, -0.2) is 4.98 Å². The first-order chi connectivity index (χ1) is 17.2. The second-order valence-electron chi connectivity index (χ2n) is 11.6. The van der Waals surface area contributed by atoms with Crippen molar-refractivity contribution < 1.29 is 40.2 Å². The number of nitrogens with zero attached hydrogens (tertiary/aromatic N) is 2. The van der Waals surface area contributed by atoms with Crippen LogP contribution in [0.4, 0.5) is 0 Å². The van der Waals surface area contributed by atoms with E-state index in [9.17, 15) is 4.79 Å². The van der Waals surface area contributed by atoms with Crippen LogP contribution in [0.25, 0.3) is 0 Å². The summed E-state index contributed by atoms with van der Waals surface area (Å²) in [5.74, 6) is 1.78. The summed E-state index contributed by atoms with van der Waals surface area (Å²) in [6, 6.07) is 11.5. The highest BCUT2D eigenvalue weighted by Gasteiger charge is 2.57. The molecule has 1 unspecified atom stereocenters. The molecule has 5 nitrogen and oxygen atoms in total. The molecule has 2 aromatic rings. The van der Waals surface area contributed by atoms with Crippen LogP contribution in [0.1, 0.15) is 72.0 Å². The summed E-state index contributed by atoms with van der Waals surface area (Å²) in [6.07, 6.45) is 9.89. The summed E-state index contributed by atoms with van der Waals surface area (Å²) in [4.78, 5) is 23.3. The van der Waals surface area contributed by atoms with E-state index >= 15 is 0 Å². The maximum atomic E-state index is 14.6. The number of thiazole rings is 1. The SMILES string of the molecule is Cc1nc2c(s1)[C@]1(C[NH2+]CC2)C[NH2+]CC1C(=O)N1CC[C@@H](c2ccccc2)C[C@H]1C1CCCCC1.[Cl-].[Cl-]. The molecule has 1 aliphatic carbocycles. The van der Waals surface area contributed by atoms with E-state index < -0.39 is 0 Å². The van der Waals surface area contributed by atoms with Crippen molar-refractivity contribution in [2.75, 3.05) is 32.7 Å². The quantitative estimate of drug-likeness (QED) is 0.404. The lowest BCUT2D eigenvalue weighted by atomic mass is 9.72. The number of piperidine rings is 1. The van der Waals surface area contributed by atoms with Gasteiger partial charge in [-0.3, -0.25) is 4.79 Å². The summed E-state index contributed by atoms with van der Waals surface area (Å²) >= 11 is 1.87. The Morgan fingerprint density at radius 3 is 2.59 bits per heavy atom. The number of likely N-dealkylation sites (tertiary alicyclic amines) is 1. The highest BCUT2D eigenvalue weighted by molar-refractivity contribution is 7.11. The fourth-order valence-corrected chi connectivity index (χ4v) is 9.10. The van der Waals surface area contributed by atoms with E-state index in [-0.39, 0.29) is 36.1 Å². The molecule has 1 spiro atoms. The van der Waals surface area contributed by atoms with Gasteiger partial charge in [-0.15, -0.1) is 11.3 Å². The summed E-state index contributed by atoms with van der Waals surface area (Å²) in [6.45, 7) is 7.14. The van der Waals surface area contributed by atoms with Gasteiger partial charge < -0.3 is 40.3 Å². The second-order valence-corrected chi connectivity index (χ2v) is 12.8. The Bertz CT molecular complexity index is 1040. The highest BCUT2D eigenvalue weighted by atomic mass is 35.5. The summed E-state index contributed by atoms with van der Waals surface area (Å²) in [7, 11) is 0. The number of hydrogen-bond donors (Lipinski definition) is 2. The third-order valence-corrected chi connectivity index (χ3v) is 10.9. The normalized spacial score (nSPS) is 30.2. The second kappa shape index (κ2) is 12.3. The first-order valence-electron chi connectivity index (χ1n) is 14.1. The van der Waals surface area contributed by atoms with E-state index in [1.807, 2.05) is 11.3 Å². The molecular formula is C29H42Cl2N4OS. The van der Waals surface area contributed by atoms with Crippen LogP contribution in [0.5, 0.6) is 0 Å². The first-order valence-corrected chi connectivity index (χ1v) is 14.9. The van der Waals surface area contributed by atoms with E-state index in [0.29, 0.717) is 23.8 Å². The molecule has 1 aromatic heterocycles. The van der Waals surface area contributed by atoms with Crippen molar-refractivity contribution in [1.82, 2.24) is 9.88 Å². The number of rotatable bonds is 3. The van der Waals surface area contributed by atoms with Crippen LogP contribution in [0.15, 0.2) is 30.3 Å². The molecule has 3 aliphatic heterocycles. The minimum absolute atomic E-state index is 0. The van der Waals surface area contributed by atoms with Gasteiger partial charge in [0.25, 0.3) is 0 Å². The molecule has 2 saturated heterocycles. The van der Waals surface area contributed by atoms with Gasteiger partial charge in [0.1, 0.15) is 11.3 Å². The average molecular weight is 566 g/mol. The minimum Gasteiger partial charge on any atom is -1.00 e. The van der Waals surface area contributed by atoms with Crippen LogP contribution in [-0.2, 0) is 16.6 Å². The zero-order valence-corrected chi connectivity index (χ0v) is 24.3. The fourth-order valence-electron chi connectivity index (χ4n) is 7.87. The van der Waals surface area contributed by atoms with E-state index in [4.69, 9.17) is 4.98 Å². The fraction of sp³-hybridized carbons (Fsp3) is 0.655. The maximum Gasteiger partial charge on any atom is 0.233 e. The van der Waals surface area contributed by atoms with Crippen molar-refractivity contribution in [1.29, 1.82) is 0 Å². The monoisotopic (exact) mass is 564 g/mol. The van der Waals surface area contributed by atoms with E-state index in [2.05, 4.69) is 52.8 Å². The Kier molecular flexibility index (Phi) is 9.61. The molecular weight excluding hydrogens is 523 g/mol. The van der Waals surface area contributed by atoms with Gasteiger partial charge in [0, 0.05) is 23.9 Å². The zero-order chi connectivity index (χ0) is 23.8. The smallest absolute Gasteiger partial charge is 0.233 e. The minimum atomic E-state index is -0.0533. The van der Waals surface area contributed by atoms with Crippen molar-refractivity contribution in [2.45, 2.75) is 75.7 Å². The number of aryl methyl sites for hydroxylation is 1. The molecule has 1 saturated carbocycles. The van der Waals surface area contributed by atoms with Gasteiger partial charge in [-0.1, -0.05) is 49.6 Å². The summed E-state index contributed by atoms with van der Waals surface area (Å²) < 4.78 is 0. The predicted octanol–water partition coefficient (Wildman–Crippen LogP) is -3.63. The van der Waals surface area contributed by atoms with E-state index in [1.54, 1.807) is 0 Å². The van der Waals surface area contributed by atoms with Gasteiger partial charge in [0.15, 0.2) is 0 Å². The number of quaternary nitrogens is 2. The van der Waals surface area contributed by atoms with Crippen LogP contribution >= 0.6 is 11.3 Å². The molecule has 6 rings (SSSR count). The topological polar surface area (TPSA) is 66.4 Å². The van der Waals surface area contributed by atoms with Crippen LogP contribution in [-0.4, -0.2) is 54.6 Å². The van der Waals surface area contributed by atoms with Gasteiger partial charge in [0.2, 0.25) is 5.91 Å². The Morgan fingerprint density at radius 1 is 1.05 bits per heavy atom. The van der Waals surface area contributed by atoms with Crippen molar-refractivity contribution in [2.24, 2.45) is 11.8 Å². The van der Waals surface area contributed by atoms with E-state index in [0.717, 1.165) is 57.0 Å². The molecule has 4 atom stereocenters. The van der Waals surface area contributed by atoms with Gasteiger partial charge in [0.05, 0.1) is 36.9 Å². The molecule has 8 heteroatoms.